The van der Waals surface area contributed by atoms with Crippen LogP contribution >= 0.6 is 0 Å². The molecule has 0 spiro atoms. The Hall–Kier alpha value is -3.84. The Balaban J connectivity index is 1.50. The van der Waals surface area contributed by atoms with Gasteiger partial charge in [0.05, 0.1) is 17.9 Å². The van der Waals surface area contributed by atoms with Gasteiger partial charge < -0.3 is 10.3 Å². The normalized spacial score (nSPS) is 12.3. The van der Waals surface area contributed by atoms with Crippen LogP contribution in [0.1, 0.15) is 30.0 Å². The van der Waals surface area contributed by atoms with Gasteiger partial charge in [0.25, 0.3) is 0 Å². The SMILES string of the molecule is Cc1cccc(-c2nc(CN[C@H](C)c3ccccc3)[nH]c2-c2ccc3ncnn3c2)n1. The third-order valence-corrected chi connectivity index (χ3v) is 5.32. The van der Waals surface area contributed by atoms with Crippen molar-refractivity contribution in [2.24, 2.45) is 0 Å². The Labute approximate surface area is 180 Å². The summed E-state index contributed by atoms with van der Waals surface area (Å²) in [6.45, 7) is 4.75. The lowest BCUT2D eigenvalue weighted by molar-refractivity contribution is 0.562. The van der Waals surface area contributed by atoms with Crippen LogP contribution in [0.4, 0.5) is 0 Å². The summed E-state index contributed by atoms with van der Waals surface area (Å²) in [4.78, 5) is 17.3. The molecule has 0 saturated heterocycles. The number of rotatable bonds is 6. The fraction of sp³-hybridized carbons (Fsp3) is 0.167. The minimum absolute atomic E-state index is 0.210. The number of benzene rings is 1. The zero-order valence-electron chi connectivity index (χ0n) is 17.4. The highest BCUT2D eigenvalue weighted by molar-refractivity contribution is 5.77. The van der Waals surface area contributed by atoms with Crippen LogP contribution in [0.25, 0.3) is 28.3 Å². The minimum atomic E-state index is 0.210. The van der Waals surface area contributed by atoms with Crippen LogP contribution in [-0.4, -0.2) is 29.5 Å². The number of hydrogen-bond acceptors (Lipinski definition) is 5. The van der Waals surface area contributed by atoms with Gasteiger partial charge in [0.15, 0.2) is 5.65 Å². The van der Waals surface area contributed by atoms with E-state index < -0.39 is 0 Å². The molecule has 0 fully saturated rings. The molecule has 2 N–H and O–H groups in total. The Bertz CT molecular complexity index is 1320. The van der Waals surface area contributed by atoms with Crippen molar-refractivity contribution in [3.63, 3.8) is 0 Å². The molecule has 1 atom stereocenters. The van der Waals surface area contributed by atoms with Gasteiger partial charge >= 0.3 is 0 Å². The predicted octanol–water partition coefficient (Wildman–Crippen LogP) is 4.34. The second kappa shape index (κ2) is 8.12. The molecule has 7 heteroatoms. The zero-order chi connectivity index (χ0) is 21.2. The molecule has 0 amide bonds. The number of nitrogens with one attached hydrogen (secondary N) is 2. The minimum Gasteiger partial charge on any atom is -0.340 e. The van der Waals surface area contributed by atoms with Gasteiger partial charge in [-0.05, 0) is 43.7 Å². The molecule has 0 radical (unpaired) electrons. The highest BCUT2D eigenvalue weighted by Gasteiger charge is 2.17. The molecular formula is C24H23N7. The van der Waals surface area contributed by atoms with Crippen molar-refractivity contribution in [2.45, 2.75) is 26.4 Å². The van der Waals surface area contributed by atoms with Crippen molar-refractivity contribution >= 4 is 5.65 Å². The van der Waals surface area contributed by atoms with Crippen molar-refractivity contribution in [2.75, 3.05) is 0 Å². The molecule has 0 aliphatic carbocycles. The predicted molar refractivity (Wildman–Crippen MR) is 120 cm³/mol. The number of aromatic amines is 1. The van der Waals surface area contributed by atoms with E-state index in [0.717, 1.165) is 39.8 Å². The van der Waals surface area contributed by atoms with Crippen LogP contribution in [0, 0.1) is 6.92 Å². The van der Waals surface area contributed by atoms with Crippen LogP contribution in [-0.2, 0) is 6.54 Å². The molecule has 1 aromatic carbocycles. The summed E-state index contributed by atoms with van der Waals surface area (Å²) in [7, 11) is 0. The number of aryl methyl sites for hydroxylation is 1. The Morgan fingerprint density at radius 3 is 2.71 bits per heavy atom. The van der Waals surface area contributed by atoms with Gasteiger partial charge in [-0.2, -0.15) is 5.10 Å². The zero-order valence-corrected chi connectivity index (χ0v) is 17.4. The fourth-order valence-corrected chi connectivity index (χ4v) is 3.65. The summed E-state index contributed by atoms with van der Waals surface area (Å²) in [6.07, 6.45) is 3.51. The average Bonchev–Trinajstić information content (AvgIpc) is 3.44. The van der Waals surface area contributed by atoms with Crippen LogP contribution < -0.4 is 5.32 Å². The molecule has 0 bridgehead atoms. The third kappa shape index (κ3) is 3.95. The van der Waals surface area contributed by atoms with E-state index in [2.05, 4.69) is 51.6 Å². The quantitative estimate of drug-likeness (QED) is 0.436. The Morgan fingerprint density at radius 2 is 1.87 bits per heavy atom. The largest absolute Gasteiger partial charge is 0.340 e. The van der Waals surface area contributed by atoms with Crippen molar-refractivity contribution in [3.8, 4) is 22.6 Å². The molecule has 0 saturated carbocycles. The van der Waals surface area contributed by atoms with Crippen LogP contribution in [0.3, 0.4) is 0 Å². The summed E-state index contributed by atoms with van der Waals surface area (Å²) in [5, 5.41) is 7.82. The fourth-order valence-electron chi connectivity index (χ4n) is 3.65. The lowest BCUT2D eigenvalue weighted by Gasteiger charge is -2.12. The monoisotopic (exact) mass is 409 g/mol. The van der Waals surface area contributed by atoms with Gasteiger partial charge in [-0.1, -0.05) is 36.4 Å². The lowest BCUT2D eigenvalue weighted by atomic mass is 10.1. The van der Waals surface area contributed by atoms with Gasteiger partial charge in [0.1, 0.15) is 17.8 Å². The van der Waals surface area contributed by atoms with E-state index in [1.807, 2.05) is 49.5 Å². The van der Waals surface area contributed by atoms with E-state index in [-0.39, 0.29) is 6.04 Å². The third-order valence-electron chi connectivity index (χ3n) is 5.32. The van der Waals surface area contributed by atoms with Crippen molar-refractivity contribution in [1.29, 1.82) is 0 Å². The van der Waals surface area contributed by atoms with E-state index in [1.165, 1.54) is 5.56 Å². The summed E-state index contributed by atoms with van der Waals surface area (Å²) in [5.41, 5.74) is 6.56. The van der Waals surface area contributed by atoms with Crippen LogP contribution in [0.5, 0.6) is 0 Å². The topological polar surface area (TPSA) is 83.8 Å². The molecule has 7 nitrogen and oxygen atoms in total. The molecule has 4 aromatic heterocycles. The molecule has 5 aromatic rings. The van der Waals surface area contributed by atoms with E-state index in [4.69, 9.17) is 9.97 Å². The highest BCUT2D eigenvalue weighted by atomic mass is 15.3. The number of aromatic nitrogens is 6. The molecule has 4 heterocycles. The molecule has 0 aliphatic rings. The first-order chi connectivity index (χ1) is 15.2. The maximum absolute atomic E-state index is 4.91. The first kappa shape index (κ1) is 19.1. The molecule has 154 valence electrons. The second-order valence-electron chi connectivity index (χ2n) is 7.57. The molecule has 0 aliphatic heterocycles. The first-order valence-corrected chi connectivity index (χ1v) is 10.3. The van der Waals surface area contributed by atoms with Gasteiger partial charge in [0, 0.05) is 23.5 Å². The van der Waals surface area contributed by atoms with Gasteiger partial charge in [-0.3, -0.25) is 4.98 Å². The number of fused-ring (bicyclic) bond motifs is 1. The van der Waals surface area contributed by atoms with Gasteiger partial charge in [-0.25, -0.2) is 14.5 Å². The summed E-state index contributed by atoms with van der Waals surface area (Å²) in [6, 6.07) is 20.6. The standard InChI is InChI=1S/C24H23N7/c1-16-7-6-10-20(28-16)24-23(19-11-12-22-26-15-27-31(22)14-19)29-21(30-24)13-25-17(2)18-8-4-3-5-9-18/h3-12,14-15,17,25H,13H2,1-2H3,(H,29,30)/t17-/m1/s1. The maximum Gasteiger partial charge on any atom is 0.155 e. The van der Waals surface area contributed by atoms with Crippen molar-refractivity contribution in [1.82, 2.24) is 34.9 Å². The van der Waals surface area contributed by atoms with E-state index >= 15 is 0 Å². The highest BCUT2D eigenvalue weighted by Crippen LogP contribution is 2.29. The maximum atomic E-state index is 4.91. The molecular weight excluding hydrogens is 386 g/mol. The summed E-state index contributed by atoms with van der Waals surface area (Å²) in [5.74, 6) is 0.856. The van der Waals surface area contributed by atoms with Crippen molar-refractivity contribution in [3.05, 3.63) is 90.3 Å². The first-order valence-electron chi connectivity index (χ1n) is 10.3. The summed E-state index contributed by atoms with van der Waals surface area (Å²) < 4.78 is 1.76. The Kier molecular flexibility index (Phi) is 5.01. The number of pyridine rings is 2. The van der Waals surface area contributed by atoms with E-state index in [9.17, 15) is 0 Å². The average molecular weight is 409 g/mol. The summed E-state index contributed by atoms with van der Waals surface area (Å²) >= 11 is 0. The van der Waals surface area contributed by atoms with Gasteiger partial charge in [-0.15, -0.1) is 0 Å². The number of nitrogens with zero attached hydrogens (tertiary/aromatic N) is 5. The smallest absolute Gasteiger partial charge is 0.155 e. The second-order valence-corrected chi connectivity index (χ2v) is 7.57. The number of hydrogen-bond donors (Lipinski definition) is 2. The molecule has 31 heavy (non-hydrogen) atoms. The van der Waals surface area contributed by atoms with E-state index in [0.29, 0.717) is 6.54 Å². The van der Waals surface area contributed by atoms with Gasteiger partial charge in [0.2, 0.25) is 0 Å². The molecule has 0 unspecified atom stereocenters. The van der Waals surface area contributed by atoms with Crippen molar-refractivity contribution < 1.29 is 0 Å². The van der Waals surface area contributed by atoms with E-state index in [1.54, 1.807) is 10.8 Å². The van der Waals surface area contributed by atoms with Crippen LogP contribution in [0.2, 0.25) is 0 Å². The number of imidazole rings is 1. The lowest BCUT2D eigenvalue weighted by Crippen LogP contribution is -2.18. The van der Waals surface area contributed by atoms with Crippen LogP contribution in [0.15, 0.2) is 73.2 Å². The molecule has 5 rings (SSSR count). The number of H-pyrrole nitrogens is 1. The Morgan fingerprint density at radius 1 is 1.00 bits per heavy atom.